The number of hydrogen-bond acceptors (Lipinski definition) is 9. The van der Waals surface area contributed by atoms with Crippen LogP contribution >= 0.6 is 11.3 Å². The van der Waals surface area contributed by atoms with Crippen LogP contribution < -0.4 is 14.9 Å². The van der Waals surface area contributed by atoms with Gasteiger partial charge in [0.2, 0.25) is 0 Å². The van der Waals surface area contributed by atoms with Crippen molar-refractivity contribution in [2.24, 2.45) is 0 Å². The molecule has 1 aliphatic rings. The molecule has 0 spiro atoms. The second-order valence-corrected chi connectivity index (χ2v) is 9.49. The number of thiazole rings is 1. The van der Waals surface area contributed by atoms with Crippen LogP contribution in [0.4, 0.5) is 16.5 Å². The van der Waals surface area contributed by atoms with Crippen molar-refractivity contribution in [3.05, 3.63) is 65.7 Å². The highest BCUT2D eigenvalue weighted by Gasteiger charge is 2.36. The van der Waals surface area contributed by atoms with Crippen LogP contribution in [0.2, 0.25) is 0 Å². The van der Waals surface area contributed by atoms with E-state index in [4.69, 9.17) is 4.74 Å². The maximum atomic E-state index is 12.3. The third kappa shape index (κ3) is 4.94. The lowest BCUT2D eigenvalue weighted by atomic mass is 10.1. The number of carbonyl (C=O) groups is 4. The highest BCUT2D eigenvalue weighted by Crippen LogP contribution is 2.28. The van der Waals surface area contributed by atoms with E-state index in [0.717, 1.165) is 16.2 Å². The SMILES string of the molecule is O=C(COC(=O)CN1C(=O)C(=O)c2ccccc21)Nc1ccc(S(=O)(=O)Nc2nccs2)cc1. The van der Waals surface area contributed by atoms with E-state index in [1.54, 1.807) is 17.5 Å². The van der Waals surface area contributed by atoms with E-state index in [1.165, 1.54) is 42.6 Å². The quantitative estimate of drug-likeness (QED) is 0.350. The zero-order valence-electron chi connectivity index (χ0n) is 17.3. The summed E-state index contributed by atoms with van der Waals surface area (Å²) in [6, 6.07) is 11.6. The Bertz CT molecular complexity index is 1370. The van der Waals surface area contributed by atoms with Crippen molar-refractivity contribution in [1.82, 2.24) is 4.98 Å². The number of nitrogens with one attached hydrogen (secondary N) is 2. The molecule has 3 aromatic rings. The molecule has 2 aromatic carbocycles. The van der Waals surface area contributed by atoms with E-state index in [2.05, 4.69) is 15.0 Å². The number of nitrogens with zero attached hydrogens (tertiary/aromatic N) is 2. The van der Waals surface area contributed by atoms with E-state index in [0.29, 0.717) is 5.69 Å². The number of amides is 2. The fraction of sp³-hybridized carbons (Fsp3) is 0.0952. The van der Waals surface area contributed by atoms with Gasteiger partial charge in [0.15, 0.2) is 11.7 Å². The molecule has 1 aliphatic heterocycles. The largest absolute Gasteiger partial charge is 0.454 e. The summed E-state index contributed by atoms with van der Waals surface area (Å²) in [6.45, 7) is -1.16. The Labute approximate surface area is 197 Å². The minimum Gasteiger partial charge on any atom is -0.454 e. The van der Waals surface area contributed by atoms with Crippen molar-refractivity contribution in [2.75, 3.05) is 28.1 Å². The van der Waals surface area contributed by atoms with Crippen LogP contribution in [0.3, 0.4) is 0 Å². The molecule has 34 heavy (non-hydrogen) atoms. The molecule has 4 rings (SSSR count). The molecule has 2 amide bonds. The summed E-state index contributed by atoms with van der Waals surface area (Å²) in [4.78, 5) is 53.1. The zero-order valence-corrected chi connectivity index (χ0v) is 18.9. The van der Waals surface area contributed by atoms with Crippen molar-refractivity contribution in [2.45, 2.75) is 4.90 Å². The highest BCUT2D eigenvalue weighted by atomic mass is 32.2. The first-order valence-corrected chi connectivity index (χ1v) is 12.0. The van der Waals surface area contributed by atoms with Crippen molar-refractivity contribution in [3.8, 4) is 0 Å². The van der Waals surface area contributed by atoms with Gasteiger partial charge in [0.25, 0.3) is 27.6 Å². The molecule has 0 atom stereocenters. The van der Waals surface area contributed by atoms with Gasteiger partial charge in [-0.05, 0) is 36.4 Å². The van der Waals surface area contributed by atoms with Crippen molar-refractivity contribution in [1.29, 1.82) is 0 Å². The summed E-state index contributed by atoms with van der Waals surface area (Å²) in [5, 5.41) is 4.32. The van der Waals surface area contributed by atoms with Gasteiger partial charge >= 0.3 is 5.97 Å². The number of ether oxygens (including phenoxy) is 1. The van der Waals surface area contributed by atoms with Gasteiger partial charge < -0.3 is 10.1 Å². The van der Waals surface area contributed by atoms with Gasteiger partial charge in [-0.3, -0.25) is 28.8 Å². The van der Waals surface area contributed by atoms with Gasteiger partial charge in [-0.15, -0.1) is 11.3 Å². The van der Waals surface area contributed by atoms with Crippen molar-refractivity contribution < 1.29 is 32.3 Å². The molecule has 2 N–H and O–H groups in total. The standard InChI is InChI=1S/C21H16N4O7S2/c26-17(12-32-18(27)11-25-16-4-2-1-3-15(16)19(28)20(25)29)23-13-5-7-14(8-6-13)34(30,31)24-21-22-9-10-33-21/h1-10H,11-12H2,(H,22,24)(H,23,26). The maximum absolute atomic E-state index is 12.3. The van der Waals surface area contributed by atoms with E-state index in [-0.39, 0.29) is 21.3 Å². The second kappa shape index (κ2) is 9.41. The number of para-hydroxylation sites is 1. The van der Waals surface area contributed by atoms with Crippen molar-refractivity contribution in [3.63, 3.8) is 0 Å². The minimum absolute atomic E-state index is 0.0303. The maximum Gasteiger partial charge on any atom is 0.326 e. The lowest BCUT2D eigenvalue weighted by molar-refractivity contribution is -0.146. The number of fused-ring (bicyclic) bond motifs is 1. The van der Waals surface area contributed by atoms with Crippen LogP contribution in [-0.2, 0) is 29.1 Å². The van der Waals surface area contributed by atoms with Crippen LogP contribution in [-0.4, -0.2) is 50.1 Å². The summed E-state index contributed by atoms with van der Waals surface area (Å²) in [6.07, 6.45) is 1.47. The normalized spacial score (nSPS) is 12.9. The molecule has 0 aliphatic carbocycles. The Morgan fingerprint density at radius 2 is 1.79 bits per heavy atom. The number of sulfonamides is 1. The molecule has 11 nitrogen and oxygen atoms in total. The molecule has 0 fully saturated rings. The van der Waals surface area contributed by atoms with Crippen molar-refractivity contribution >= 4 is 61.4 Å². The Hall–Kier alpha value is -4.10. The molecule has 0 radical (unpaired) electrons. The average molecular weight is 501 g/mol. The van der Waals surface area contributed by atoms with Gasteiger partial charge in [0, 0.05) is 17.3 Å². The number of anilines is 3. The molecule has 174 valence electrons. The molecular weight excluding hydrogens is 484 g/mol. The number of esters is 1. The topological polar surface area (TPSA) is 152 Å². The van der Waals surface area contributed by atoms with Gasteiger partial charge in [-0.25, -0.2) is 13.4 Å². The molecular formula is C21H16N4O7S2. The lowest BCUT2D eigenvalue weighted by Gasteiger charge is -2.15. The van der Waals surface area contributed by atoms with Gasteiger partial charge in [-0.1, -0.05) is 12.1 Å². The fourth-order valence-electron chi connectivity index (χ4n) is 3.09. The Morgan fingerprint density at radius 3 is 2.50 bits per heavy atom. The smallest absolute Gasteiger partial charge is 0.326 e. The van der Waals surface area contributed by atoms with Crippen LogP contribution in [0.25, 0.3) is 0 Å². The molecule has 0 saturated heterocycles. The lowest BCUT2D eigenvalue weighted by Crippen LogP contribution is -2.36. The van der Waals surface area contributed by atoms with Crippen LogP contribution in [0.1, 0.15) is 10.4 Å². The third-order valence-electron chi connectivity index (χ3n) is 4.63. The Morgan fingerprint density at radius 1 is 1.06 bits per heavy atom. The first-order valence-electron chi connectivity index (χ1n) is 9.68. The minimum atomic E-state index is -3.83. The molecule has 13 heteroatoms. The number of rotatable bonds is 8. The summed E-state index contributed by atoms with van der Waals surface area (Å²) >= 11 is 1.13. The summed E-state index contributed by atoms with van der Waals surface area (Å²) in [5.74, 6) is -3.10. The van der Waals surface area contributed by atoms with Crippen LogP contribution in [0.5, 0.6) is 0 Å². The first-order chi connectivity index (χ1) is 16.2. The molecule has 0 unspecified atom stereocenters. The predicted molar refractivity (Wildman–Crippen MR) is 122 cm³/mol. The van der Waals surface area contributed by atoms with Crippen LogP contribution in [0.15, 0.2) is 65.0 Å². The molecule has 2 heterocycles. The highest BCUT2D eigenvalue weighted by molar-refractivity contribution is 7.93. The van der Waals surface area contributed by atoms with E-state index >= 15 is 0 Å². The van der Waals surface area contributed by atoms with E-state index in [1.807, 2.05) is 0 Å². The number of Topliss-reactive ketones (excluding diaryl/α,β-unsaturated/α-hetero) is 1. The fourth-order valence-corrected chi connectivity index (χ4v) is 4.88. The summed E-state index contributed by atoms with van der Waals surface area (Å²) < 4.78 is 31.9. The number of aromatic nitrogens is 1. The third-order valence-corrected chi connectivity index (χ3v) is 6.81. The predicted octanol–water partition coefficient (Wildman–Crippen LogP) is 1.66. The number of hydrogen-bond donors (Lipinski definition) is 2. The molecule has 0 saturated carbocycles. The van der Waals surface area contributed by atoms with Gasteiger partial charge in [0.05, 0.1) is 16.1 Å². The van der Waals surface area contributed by atoms with Crippen LogP contribution in [0, 0.1) is 0 Å². The Balaban J connectivity index is 1.29. The van der Waals surface area contributed by atoms with E-state index in [9.17, 15) is 27.6 Å². The molecule has 0 bridgehead atoms. The number of ketones is 1. The first kappa shape index (κ1) is 23.1. The van der Waals surface area contributed by atoms with Gasteiger partial charge in [0.1, 0.15) is 6.54 Å². The zero-order chi connectivity index (χ0) is 24.3. The second-order valence-electron chi connectivity index (χ2n) is 6.91. The summed E-state index contributed by atoms with van der Waals surface area (Å²) in [5.41, 5.74) is 0.784. The average Bonchev–Trinajstić information content (AvgIpc) is 3.40. The van der Waals surface area contributed by atoms with E-state index < -0.39 is 46.7 Å². The Kier molecular flexibility index (Phi) is 6.38. The van der Waals surface area contributed by atoms with Gasteiger partial charge in [-0.2, -0.15) is 0 Å². The number of benzene rings is 2. The molecule has 1 aromatic heterocycles. The monoisotopic (exact) mass is 500 g/mol. The summed E-state index contributed by atoms with van der Waals surface area (Å²) in [7, 11) is -3.83. The number of carbonyl (C=O) groups excluding carboxylic acids is 4.